The fraction of sp³-hybridized carbons (Fsp3) is 0.118. The average Bonchev–Trinajstić information content (AvgIpc) is 2.61. The van der Waals surface area contributed by atoms with E-state index in [0.717, 1.165) is 4.47 Å². The van der Waals surface area contributed by atoms with Crippen LogP contribution in [0.25, 0.3) is 5.70 Å². The summed E-state index contributed by atoms with van der Waals surface area (Å²) in [5.41, 5.74) is 1.02. The Kier molecular flexibility index (Phi) is 4.73. The molecule has 1 amide bonds. The summed E-state index contributed by atoms with van der Waals surface area (Å²) in [4.78, 5) is 17.6. The molecule has 2 aromatic carbocycles. The molecule has 0 fully saturated rings. The van der Waals surface area contributed by atoms with Crippen molar-refractivity contribution in [2.24, 2.45) is 10.1 Å². The van der Waals surface area contributed by atoms with Crippen LogP contribution < -0.4 is 15.9 Å². The molecule has 1 atom stereocenters. The number of carbonyl (C=O) groups excluding carboxylic acids is 1. The molecule has 26 heavy (non-hydrogen) atoms. The lowest BCUT2D eigenvalue weighted by Crippen LogP contribution is -2.50. The molecular formula is C17H11BrCl2N4OS. The largest absolute Gasteiger partial charge is 0.298 e. The second-order valence-electron chi connectivity index (χ2n) is 5.56. The number of halogens is 3. The zero-order chi connectivity index (χ0) is 18.4. The molecule has 1 N–H and O–H groups in total. The fourth-order valence-electron chi connectivity index (χ4n) is 2.89. The van der Waals surface area contributed by atoms with E-state index in [1.54, 1.807) is 23.2 Å². The van der Waals surface area contributed by atoms with Crippen LogP contribution in [0.15, 0.2) is 51.0 Å². The first-order chi connectivity index (χ1) is 12.5. The maximum Gasteiger partial charge on any atom is 0.276 e. The Morgan fingerprint density at radius 3 is 2.65 bits per heavy atom. The third-order valence-electron chi connectivity index (χ3n) is 4.02. The highest BCUT2D eigenvalue weighted by Gasteiger charge is 2.36. The number of carbonyl (C=O) groups is 1. The minimum absolute atomic E-state index is 0.244. The molecule has 0 saturated carbocycles. The summed E-state index contributed by atoms with van der Waals surface area (Å²) in [5, 5.41) is 11.7. The van der Waals surface area contributed by atoms with E-state index >= 15 is 0 Å². The van der Waals surface area contributed by atoms with Crippen LogP contribution in [0.1, 0.15) is 11.7 Å². The third kappa shape index (κ3) is 2.93. The molecule has 2 aliphatic rings. The van der Waals surface area contributed by atoms with Gasteiger partial charge in [-0.2, -0.15) is 0 Å². The van der Waals surface area contributed by atoms with Crippen molar-refractivity contribution >= 4 is 67.7 Å². The molecule has 1 unspecified atom stereocenters. The number of amides is 1. The summed E-state index contributed by atoms with van der Waals surface area (Å²) in [5.74, 6) is -0.244. The SMILES string of the molecule is CSC1=NN2C(=c3cc(Br)ccc3=NC2c2c(Cl)cccc2Cl)C(=O)N1. The van der Waals surface area contributed by atoms with Gasteiger partial charge in [0.05, 0.1) is 5.36 Å². The Hall–Kier alpha value is -1.54. The molecular weight excluding hydrogens is 459 g/mol. The Balaban J connectivity index is 2.06. The monoisotopic (exact) mass is 468 g/mol. The quantitative estimate of drug-likeness (QED) is 0.697. The topological polar surface area (TPSA) is 57.1 Å². The molecule has 0 aromatic heterocycles. The minimum atomic E-state index is -0.631. The Morgan fingerprint density at radius 2 is 1.96 bits per heavy atom. The molecule has 0 bridgehead atoms. The van der Waals surface area contributed by atoms with Gasteiger partial charge in [-0.15, -0.1) is 5.10 Å². The summed E-state index contributed by atoms with van der Waals surface area (Å²) in [6.07, 6.45) is 1.21. The number of nitrogens with one attached hydrogen (secondary N) is 1. The van der Waals surface area contributed by atoms with Crippen molar-refractivity contribution in [3.63, 3.8) is 0 Å². The molecule has 0 saturated heterocycles. The van der Waals surface area contributed by atoms with E-state index < -0.39 is 6.17 Å². The number of fused-ring (bicyclic) bond motifs is 2. The zero-order valence-corrected chi connectivity index (χ0v) is 17.2. The van der Waals surface area contributed by atoms with E-state index in [-0.39, 0.29) is 5.91 Å². The van der Waals surface area contributed by atoms with Gasteiger partial charge in [0.25, 0.3) is 5.91 Å². The van der Waals surface area contributed by atoms with Crippen molar-refractivity contribution in [3.8, 4) is 0 Å². The molecule has 0 radical (unpaired) electrons. The van der Waals surface area contributed by atoms with E-state index in [9.17, 15) is 4.79 Å². The van der Waals surface area contributed by atoms with Gasteiger partial charge in [0.15, 0.2) is 11.3 Å². The van der Waals surface area contributed by atoms with Gasteiger partial charge >= 0.3 is 0 Å². The summed E-state index contributed by atoms with van der Waals surface area (Å²) in [6.45, 7) is 0. The van der Waals surface area contributed by atoms with Gasteiger partial charge in [0.2, 0.25) is 0 Å². The van der Waals surface area contributed by atoms with Crippen molar-refractivity contribution in [1.82, 2.24) is 10.3 Å². The Bertz CT molecular complexity index is 1070. The van der Waals surface area contributed by atoms with Crippen LogP contribution in [-0.2, 0) is 4.79 Å². The normalized spacial score (nSPS) is 18.5. The van der Waals surface area contributed by atoms with Gasteiger partial charge < -0.3 is 0 Å². The predicted molar refractivity (Wildman–Crippen MR) is 108 cm³/mol. The summed E-state index contributed by atoms with van der Waals surface area (Å²) in [6, 6.07) is 10.8. The molecule has 4 rings (SSSR count). The number of thioether (sulfide) groups is 1. The van der Waals surface area contributed by atoms with E-state index in [4.69, 9.17) is 28.2 Å². The van der Waals surface area contributed by atoms with Gasteiger partial charge in [-0.1, -0.05) is 57.0 Å². The molecule has 2 aliphatic heterocycles. The Labute approximate surface area is 171 Å². The van der Waals surface area contributed by atoms with Crippen molar-refractivity contribution in [3.05, 3.63) is 67.1 Å². The first-order valence-electron chi connectivity index (χ1n) is 7.54. The molecule has 5 nitrogen and oxygen atoms in total. The highest BCUT2D eigenvalue weighted by molar-refractivity contribution is 9.10. The number of nitrogens with zero attached hydrogens (tertiary/aromatic N) is 3. The zero-order valence-electron chi connectivity index (χ0n) is 13.3. The van der Waals surface area contributed by atoms with Crippen LogP contribution in [0.3, 0.4) is 0 Å². The maximum atomic E-state index is 12.8. The average molecular weight is 470 g/mol. The fourth-order valence-corrected chi connectivity index (χ4v) is 4.21. The van der Waals surface area contributed by atoms with Crippen LogP contribution in [0.2, 0.25) is 10.0 Å². The Morgan fingerprint density at radius 1 is 1.23 bits per heavy atom. The molecule has 2 heterocycles. The highest BCUT2D eigenvalue weighted by Crippen LogP contribution is 2.38. The van der Waals surface area contributed by atoms with Crippen LogP contribution >= 0.6 is 50.9 Å². The highest BCUT2D eigenvalue weighted by atomic mass is 79.9. The first kappa shape index (κ1) is 17.9. The molecule has 9 heteroatoms. The molecule has 2 aromatic rings. The van der Waals surface area contributed by atoms with Gasteiger partial charge in [0, 0.05) is 25.3 Å². The second-order valence-corrected chi connectivity index (χ2v) is 8.08. The van der Waals surface area contributed by atoms with Crippen LogP contribution in [0.5, 0.6) is 0 Å². The second kappa shape index (κ2) is 6.88. The minimum Gasteiger partial charge on any atom is -0.298 e. The summed E-state index contributed by atoms with van der Waals surface area (Å²) >= 11 is 17.6. The molecule has 132 valence electrons. The van der Waals surface area contributed by atoms with Crippen molar-refractivity contribution in [1.29, 1.82) is 0 Å². The van der Waals surface area contributed by atoms with Crippen molar-refractivity contribution < 1.29 is 4.79 Å². The standard InChI is InChI=1S/C17H11BrCl2N4OS/c1-26-17-22-16(25)14-9-7-8(18)5-6-12(9)21-15(24(14)23-17)13-10(19)3-2-4-11(13)20/h2-7,15H,1H3,(H,22,23,25). The lowest BCUT2D eigenvalue weighted by molar-refractivity contribution is -0.116. The van der Waals surface area contributed by atoms with Crippen molar-refractivity contribution in [2.75, 3.05) is 6.26 Å². The number of amidine groups is 1. The van der Waals surface area contributed by atoms with Gasteiger partial charge in [-0.3, -0.25) is 15.1 Å². The van der Waals surface area contributed by atoms with E-state index in [1.165, 1.54) is 11.8 Å². The molecule has 0 aliphatic carbocycles. The maximum absolute atomic E-state index is 12.8. The van der Waals surface area contributed by atoms with Crippen LogP contribution in [0.4, 0.5) is 0 Å². The number of hydrogen-bond acceptors (Lipinski definition) is 5. The third-order valence-corrected chi connectivity index (χ3v) is 5.74. The number of benzene rings is 2. The summed E-state index contributed by atoms with van der Waals surface area (Å²) in [7, 11) is 0. The van der Waals surface area contributed by atoms with E-state index in [0.29, 0.717) is 37.0 Å². The van der Waals surface area contributed by atoms with Crippen LogP contribution in [-0.4, -0.2) is 22.3 Å². The van der Waals surface area contributed by atoms with Crippen LogP contribution in [0, 0.1) is 0 Å². The van der Waals surface area contributed by atoms with E-state index in [2.05, 4.69) is 26.3 Å². The smallest absolute Gasteiger partial charge is 0.276 e. The van der Waals surface area contributed by atoms with Gasteiger partial charge in [-0.05, 0) is 36.6 Å². The summed E-state index contributed by atoms with van der Waals surface area (Å²) < 4.78 is 0.848. The van der Waals surface area contributed by atoms with Gasteiger partial charge in [-0.25, -0.2) is 5.01 Å². The first-order valence-corrected chi connectivity index (χ1v) is 10.3. The predicted octanol–water partition coefficient (Wildman–Crippen LogP) is 3.26. The lowest BCUT2D eigenvalue weighted by Gasteiger charge is -2.34. The molecule has 0 spiro atoms. The number of rotatable bonds is 1. The number of hydrazone groups is 1. The number of hydrogen-bond donors (Lipinski definition) is 1. The van der Waals surface area contributed by atoms with Crippen molar-refractivity contribution in [2.45, 2.75) is 6.17 Å². The van der Waals surface area contributed by atoms with E-state index in [1.807, 2.05) is 24.5 Å². The lowest BCUT2D eigenvalue weighted by atomic mass is 10.1. The van der Waals surface area contributed by atoms with Gasteiger partial charge in [0.1, 0.15) is 5.70 Å².